The predicted molar refractivity (Wildman–Crippen MR) is 88.2 cm³/mol. The lowest BCUT2D eigenvalue weighted by Gasteiger charge is -2.11. The van der Waals surface area contributed by atoms with E-state index in [1.807, 2.05) is 24.3 Å². The first kappa shape index (κ1) is 15.9. The minimum atomic E-state index is -4.70. The summed E-state index contributed by atoms with van der Waals surface area (Å²) < 4.78 is 40.4. The van der Waals surface area contributed by atoms with Crippen molar-refractivity contribution in [2.75, 3.05) is 5.32 Å². The van der Waals surface area contributed by atoms with Crippen molar-refractivity contribution in [3.8, 4) is 5.75 Å². The molecule has 0 radical (unpaired) electrons. The number of benzene rings is 2. The highest BCUT2D eigenvalue weighted by atomic mass is 19.4. The number of hydrogen-bond acceptors (Lipinski definition) is 3. The van der Waals surface area contributed by atoms with E-state index in [9.17, 15) is 13.2 Å². The van der Waals surface area contributed by atoms with E-state index in [2.05, 4.69) is 21.6 Å². The third-order valence-corrected chi connectivity index (χ3v) is 3.37. The minimum absolute atomic E-state index is 0.269. The molecule has 0 fully saturated rings. The normalized spacial score (nSPS) is 11.3. The minimum Gasteiger partial charge on any atom is -0.406 e. The molecule has 122 valence electrons. The van der Waals surface area contributed by atoms with Crippen LogP contribution in [-0.4, -0.2) is 11.3 Å². The maximum Gasteiger partial charge on any atom is 0.573 e. The fraction of sp³-hybridized carbons (Fsp3) is 0.0556. The molecule has 0 saturated carbocycles. The van der Waals surface area contributed by atoms with Gasteiger partial charge in [0.1, 0.15) is 11.6 Å². The molecule has 3 aromatic rings. The third kappa shape index (κ3) is 3.65. The van der Waals surface area contributed by atoms with Crippen LogP contribution < -0.4 is 10.1 Å². The maximum atomic E-state index is 12.2. The first-order valence-corrected chi connectivity index (χ1v) is 7.09. The number of halogens is 3. The Morgan fingerprint density at radius 1 is 1.04 bits per heavy atom. The maximum absolute atomic E-state index is 12.2. The van der Waals surface area contributed by atoms with E-state index >= 15 is 0 Å². The molecule has 3 rings (SSSR count). The molecular formula is C18H13F3N2O. The summed E-state index contributed by atoms with van der Waals surface area (Å²) in [7, 11) is 0. The SMILES string of the molecule is C=Cc1ccc2c(Nc3ccc(OC(F)(F)F)cc3)nccc2c1. The van der Waals surface area contributed by atoms with Gasteiger partial charge in [-0.1, -0.05) is 24.8 Å². The van der Waals surface area contributed by atoms with E-state index < -0.39 is 6.36 Å². The first-order chi connectivity index (χ1) is 11.4. The fourth-order valence-electron chi connectivity index (χ4n) is 2.30. The van der Waals surface area contributed by atoms with E-state index in [1.165, 1.54) is 24.3 Å². The van der Waals surface area contributed by atoms with Crippen LogP contribution in [0.2, 0.25) is 0 Å². The summed E-state index contributed by atoms with van der Waals surface area (Å²) in [5.41, 5.74) is 1.60. The van der Waals surface area contributed by atoms with Gasteiger partial charge in [0.2, 0.25) is 0 Å². The van der Waals surface area contributed by atoms with Crippen molar-refractivity contribution in [1.29, 1.82) is 0 Å². The molecule has 0 bridgehead atoms. The van der Waals surface area contributed by atoms with E-state index in [-0.39, 0.29) is 5.75 Å². The smallest absolute Gasteiger partial charge is 0.406 e. The predicted octanol–water partition coefficient (Wildman–Crippen LogP) is 5.52. The Labute approximate surface area is 136 Å². The third-order valence-electron chi connectivity index (χ3n) is 3.37. The molecule has 0 aliphatic heterocycles. The van der Waals surface area contributed by atoms with Gasteiger partial charge in [-0.2, -0.15) is 0 Å². The number of hydrogen-bond donors (Lipinski definition) is 1. The summed E-state index contributed by atoms with van der Waals surface area (Å²) in [5.74, 6) is 0.349. The van der Waals surface area contributed by atoms with Crippen molar-refractivity contribution in [2.24, 2.45) is 0 Å². The number of nitrogens with zero attached hydrogens (tertiary/aromatic N) is 1. The van der Waals surface area contributed by atoms with Gasteiger partial charge in [0.05, 0.1) is 0 Å². The Morgan fingerprint density at radius 3 is 2.46 bits per heavy atom. The molecule has 0 spiro atoms. The zero-order valence-corrected chi connectivity index (χ0v) is 12.5. The van der Waals surface area contributed by atoms with Crippen LogP contribution in [0, 0.1) is 0 Å². The lowest BCUT2D eigenvalue weighted by atomic mass is 10.1. The van der Waals surface area contributed by atoms with Crippen LogP contribution in [0.5, 0.6) is 5.75 Å². The number of anilines is 2. The average molecular weight is 330 g/mol. The quantitative estimate of drug-likeness (QED) is 0.684. The Bertz CT molecular complexity index is 874. The van der Waals surface area contributed by atoms with Crippen LogP contribution in [0.4, 0.5) is 24.7 Å². The first-order valence-electron chi connectivity index (χ1n) is 7.09. The summed E-state index contributed by atoms with van der Waals surface area (Å²) >= 11 is 0. The second-order valence-electron chi connectivity index (χ2n) is 5.04. The van der Waals surface area contributed by atoms with Crippen molar-refractivity contribution in [1.82, 2.24) is 4.98 Å². The number of ether oxygens (including phenoxy) is 1. The van der Waals surface area contributed by atoms with Crippen molar-refractivity contribution < 1.29 is 17.9 Å². The van der Waals surface area contributed by atoms with Gasteiger partial charge in [0.25, 0.3) is 0 Å². The van der Waals surface area contributed by atoms with E-state index in [4.69, 9.17) is 0 Å². The molecule has 1 heterocycles. The van der Waals surface area contributed by atoms with Crippen LogP contribution in [0.25, 0.3) is 16.8 Å². The number of nitrogens with one attached hydrogen (secondary N) is 1. The largest absolute Gasteiger partial charge is 0.573 e. The topological polar surface area (TPSA) is 34.1 Å². The van der Waals surface area contributed by atoms with Crippen LogP contribution in [0.3, 0.4) is 0 Å². The summed E-state index contributed by atoms with van der Waals surface area (Å²) in [4.78, 5) is 4.29. The number of pyridine rings is 1. The summed E-state index contributed by atoms with van der Waals surface area (Å²) in [5, 5.41) is 4.99. The van der Waals surface area contributed by atoms with Gasteiger partial charge < -0.3 is 10.1 Å². The monoisotopic (exact) mass is 330 g/mol. The van der Waals surface area contributed by atoms with Gasteiger partial charge in [-0.05, 0) is 47.3 Å². The van der Waals surface area contributed by atoms with E-state index in [0.29, 0.717) is 11.5 Å². The molecule has 0 aliphatic rings. The van der Waals surface area contributed by atoms with Crippen molar-refractivity contribution >= 4 is 28.4 Å². The van der Waals surface area contributed by atoms with Crippen LogP contribution >= 0.6 is 0 Å². The van der Waals surface area contributed by atoms with E-state index in [0.717, 1.165) is 16.3 Å². The van der Waals surface area contributed by atoms with E-state index in [1.54, 1.807) is 12.3 Å². The molecule has 2 aromatic carbocycles. The van der Waals surface area contributed by atoms with Gasteiger partial charge in [-0.15, -0.1) is 13.2 Å². The standard InChI is InChI=1S/C18H13F3N2O/c1-2-12-3-8-16-13(11-12)9-10-22-17(16)23-14-4-6-15(7-5-14)24-18(19,20)21/h2-11H,1H2,(H,22,23). The molecule has 0 unspecified atom stereocenters. The average Bonchev–Trinajstić information content (AvgIpc) is 2.55. The number of alkyl halides is 3. The highest BCUT2D eigenvalue weighted by molar-refractivity contribution is 5.94. The molecule has 3 nitrogen and oxygen atoms in total. The lowest BCUT2D eigenvalue weighted by molar-refractivity contribution is -0.274. The van der Waals surface area contributed by atoms with Gasteiger partial charge in [0, 0.05) is 17.3 Å². The fourth-order valence-corrected chi connectivity index (χ4v) is 2.30. The Hall–Kier alpha value is -3.02. The molecular weight excluding hydrogens is 317 g/mol. The highest BCUT2D eigenvalue weighted by Gasteiger charge is 2.30. The molecule has 1 N–H and O–H groups in total. The summed E-state index contributed by atoms with van der Waals surface area (Å²) in [6.07, 6.45) is -1.28. The van der Waals surface area contributed by atoms with Gasteiger partial charge in [-0.25, -0.2) is 4.98 Å². The molecule has 0 aliphatic carbocycles. The molecule has 0 saturated heterocycles. The van der Waals surface area contributed by atoms with Crippen molar-refractivity contribution in [3.05, 3.63) is 66.9 Å². The van der Waals surface area contributed by atoms with Crippen LogP contribution in [0.1, 0.15) is 5.56 Å². The van der Waals surface area contributed by atoms with Crippen LogP contribution in [-0.2, 0) is 0 Å². The molecule has 1 aromatic heterocycles. The lowest BCUT2D eigenvalue weighted by Crippen LogP contribution is -2.16. The van der Waals surface area contributed by atoms with Gasteiger partial charge in [0.15, 0.2) is 0 Å². The highest BCUT2D eigenvalue weighted by Crippen LogP contribution is 2.28. The van der Waals surface area contributed by atoms with Gasteiger partial charge >= 0.3 is 6.36 Å². The second kappa shape index (κ2) is 6.23. The van der Waals surface area contributed by atoms with Crippen LogP contribution in [0.15, 0.2) is 61.3 Å². The van der Waals surface area contributed by atoms with Crippen molar-refractivity contribution in [2.45, 2.75) is 6.36 Å². The zero-order valence-electron chi connectivity index (χ0n) is 12.5. The van der Waals surface area contributed by atoms with Gasteiger partial charge in [-0.3, -0.25) is 0 Å². The second-order valence-corrected chi connectivity index (χ2v) is 5.04. The Balaban J connectivity index is 1.86. The number of fused-ring (bicyclic) bond motifs is 1. The molecule has 24 heavy (non-hydrogen) atoms. The molecule has 0 atom stereocenters. The number of aromatic nitrogens is 1. The molecule has 0 amide bonds. The number of rotatable bonds is 4. The Kier molecular flexibility index (Phi) is 4.12. The molecule has 6 heteroatoms. The summed E-state index contributed by atoms with van der Waals surface area (Å²) in [6.45, 7) is 3.74. The van der Waals surface area contributed by atoms with Crippen molar-refractivity contribution in [3.63, 3.8) is 0 Å². The summed E-state index contributed by atoms with van der Waals surface area (Å²) in [6, 6.07) is 13.2. The zero-order chi connectivity index (χ0) is 17.2. The Morgan fingerprint density at radius 2 is 1.79 bits per heavy atom.